The summed E-state index contributed by atoms with van der Waals surface area (Å²) in [5.74, 6) is -0.221. The summed E-state index contributed by atoms with van der Waals surface area (Å²) in [5, 5.41) is 12.4. The second-order valence-electron chi connectivity index (χ2n) is 6.61. The van der Waals surface area contributed by atoms with E-state index in [-0.39, 0.29) is 18.4 Å². The van der Waals surface area contributed by atoms with Crippen LogP contribution in [0.15, 0.2) is 0 Å². The van der Waals surface area contributed by atoms with E-state index in [4.69, 9.17) is 9.84 Å². The first-order valence-corrected chi connectivity index (χ1v) is 7.97. The molecule has 0 aromatic rings. The van der Waals surface area contributed by atoms with Crippen LogP contribution in [0.2, 0.25) is 0 Å². The summed E-state index contributed by atoms with van der Waals surface area (Å²) in [6, 6.07) is 1.21. The molecule has 21 heavy (non-hydrogen) atoms. The standard InChI is InChI=1S/C15H24N2O4/c18-14(7-10-5-11-1-2-12(6-10)16-11)17-3-4-21-13(9-17)8-15(19)20/h10-13,16H,1-9H2,(H,19,20). The van der Waals surface area contributed by atoms with Crippen LogP contribution in [-0.4, -0.2) is 59.8 Å². The zero-order valence-corrected chi connectivity index (χ0v) is 12.3. The summed E-state index contributed by atoms with van der Waals surface area (Å²) >= 11 is 0. The van der Waals surface area contributed by atoms with Gasteiger partial charge < -0.3 is 20.1 Å². The average Bonchev–Trinajstić information content (AvgIpc) is 2.77. The smallest absolute Gasteiger partial charge is 0.306 e. The summed E-state index contributed by atoms with van der Waals surface area (Å²) in [7, 11) is 0. The fourth-order valence-electron chi connectivity index (χ4n) is 3.98. The second-order valence-corrected chi connectivity index (χ2v) is 6.61. The van der Waals surface area contributed by atoms with Gasteiger partial charge in [-0.05, 0) is 31.6 Å². The van der Waals surface area contributed by atoms with E-state index in [0.717, 1.165) is 12.8 Å². The van der Waals surface area contributed by atoms with Gasteiger partial charge in [0.05, 0.1) is 19.1 Å². The van der Waals surface area contributed by atoms with E-state index < -0.39 is 5.97 Å². The van der Waals surface area contributed by atoms with Crippen molar-refractivity contribution in [1.29, 1.82) is 0 Å². The normalized spacial score (nSPS) is 35.7. The van der Waals surface area contributed by atoms with Crippen molar-refractivity contribution in [3.8, 4) is 0 Å². The lowest BCUT2D eigenvalue weighted by atomic mass is 9.89. The van der Waals surface area contributed by atoms with Gasteiger partial charge in [0.1, 0.15) is 0 Å². The van der Waals surface area contributed by atoms with Crippen LogP contribution < -0.4 is 5.32 Å². The lowest BCUT2D eigenvalue weighted by Gasteiger charge is -2.34. The third-order valence-corrected chi connectivity index (χ3v) is 4.93. The first kappa shape index (κ1) is 14.8. The van der Waals surface area contributed by atoms with E-state index in [1.165, 1.54) is 12.8 Å². The SMILES string of the molecule is O=C(O)CC1CN(C(=O)CC2CC3CCC(C2)N3)CCO1. The number of carboxylic acids is 1. The van der Waals surface area contributed by atoms with Gasteiger partial charge in [-0.1, -0.05) is 0 Å². The highest BCUT2D eigenvalue weighted by Gasteiger charge is 2.35. The fraction of sp³-hybridized carbons (Fsp3) is 0.867. The Hall–Kier alpha value is -1.14. The number of carbonyl (C=O) groups is 2. The van der Waals surface area contributed by atoms with Gasteiger partial charge in [0.25, 0.3) is 0 Å². The average molecular weight is 296 g/mol. The molecule has 3 saturated heterocycles. The lowest BCUT2D eigenvalue weighted by Crippen LogP contribution is -2.47. The minimum absolute atomic E-state index is 0.0265. The number of morpholine rings is 1. The van der Waals surface area contributed by atoms with Gasteiger partial charge in [0, 0.05) is 31.6 Å². The number of hydrogen-bond donors (Lipinski definition) is 2. The van der Waals surface area contributed by atoms with Crippen LogP contribution in [0, 0.1) is 5.92 Å². The summed E-state index contributed by atoms with van der Waals surface area (Å²) in [4.78, 5) is 25.0. The Morgan fingerprint density at radius 2 is 1.90 bits per heavy atom. The van der Waals surface area contributed by atoms with Crippen LogP contribution in [0.4, 0.5) is 0 Å². The molecule has 0 spiro atoms. The molecule has 2 bridgehead atoms. The molecule has 6 nitrogen and oxygen atoms in total. The molecular weight excluding hydrogens is 272 g/mol. The molecule has 0 aliphatic carbocycles. The van der Waals surface area contributed by atoms with E-state index >= 15 is 0 Å². The van der Waals surface area contributed by atoms with Gasteiger partial charge in [-0.25, -0.2) is 0 Å². The van der Waals surface area contributed by atoms with E-state index in [1.807, 2.05) is 0 Å². The maximum absolute atomic E-state index is 12.4. The topological polar surface area (TPSA) is 78.9 Å². The predicted molar refractivity (Wildman–Crippen MR) is 75.9 cm³/mol. The Balaban J connectivity index is 1.49. The molecule has 3 unspecified atom stereocenters. The van der Waals surface area contributed by atoms with Crippen LogP contribution >= 0.6 is 0 Å². The number of amides is 1. The number of piperidine rings is 1. The molecule has 3 aliphatic rings. The van der Waals surface area contributed by atoms with Crippen LogP contribution in [0.25, 0.3) is 0 Å². The molecule has 6 heteroatoms. The van der Waals surface area contributed by atoms with Crippen molar-refractivity contribution in [3.05, 3.63) is 0 Å². The van der Waals surface area contributed by atoms with Crippen molar-refractivity contribution in [2.24, 2.45) is 5.92 Å². The monoisotopic (exact) mass is 296 g/mol. The number of nitrogens with one attached hydrogen (secondary N) is 1. The molecule has 3 atom stereocenters. The minimum atomic E-state index is -0.871. The molecule has 0 saturated carbocycles. The maximum atomic E-state index is 12.4. The zero-order valence-electron chi connectivity index (χ0n) is 12.3. The van der Waals surface area contributed by atoms with E-state index in [9.17, 15) is 9.59 Å². The fourth-order valence-corrected chi connectivity index (χ4v) is 3.98. The van der Waals surface area contributed by atoms with Crippen LogP contribution in [0.1, 0.15) is 38.5 Å². The molecule has 1 amide bonds. The molecule has 2 N–H and O–H groups in total. The highest BCUT2D eigenvalue weighted by Crippen LogP contribution is 2.33. The van der Waals surface area contributed by atoms with Crippen molar-refractivity contribution in [2.45, 2.75) is 56.7 Å². The molecule has 118 valence electrons. The lowest BCUT2D eigenvalue weighted by molar-refractivity contribution is -0.148. The second kappa shape index (κ2) is 6.32. The molecule has 0 aromatic heterocycles. The van der Waals surface area contributed by atoms with Gasteiger partial charge in [-0.3, -0.25) is 9.59 Å². The highest BCUT2D eigenvalue weighted by molar-refractivity contribution is 5.76. The summed E-state index contributed by atoms with van der Waals surface area (Å²) in [6.07, 6.45) is 4.91. The summed E-state index contributed by atoms with van der Waals surface area (Å²) < 4.78 is 5.42. The third kappa shape index (κ3) is 3.74. The number of carbonyl (C=O) groups excluding carboxylic acids is 1. The number of ether oxygens (including phenoxy) is 1. The van der Waals surface area contributed by atoms with Gasteiger partial charge in [-0.2, -0.15) is 0 Å². The number of rotatable bonds is 4. The Morgan fingerprint density at radius 3 is 2.57 bits per heavy atom. The van der Waals surface area contributed by atoms with Crippen LogP contribution in [-0.2, 0) is 14.3 Å². The molecule has 3 aliphatic heterocycles. The molecular formula is C15H24N2O4. The number of fused-ring (bicyclic) bond motifs is 2. The summed E-state index contributed by atoms with van der Waals surface area (Å²) in [6.45, 7) is 1.46. The molecule has 3 rings (SSSR count). The van der Waals surface area contributed by atoms with E-state index in [1.54, 1.807) is 4.90 Å². The summed E-state index contributed by atoms with van der Waals surface area (Å²) in [5.41, 5.74) is 0. The van der Waals surface area contributed by atoms with Crippen LogP contribution in [0.5, 0.6) is 0 Å². The quantitative estimate of drug-likeness (QED) is 0.794. The zero-order chi connectivity index (χ0) is 14.8. The number of carboxylic acid groups (broad SMARTS) is 1. The van der Waals surface area contributed by atoms with Crippen molar-refractivity contribution in [3.63, 3.8) is 0 Å². The number of hydrogen-bond acceptors (Lipinski definition) is 4. The largest absolute Gasteiger partial charge is 0.481 e. The molecule has 3 heterocycles. The Labute approximate surface area is 124 Å². The van der Waals surface area contributed by atoms with Crippen molar-refractivity contribution >= 4 is 11.9 Å². The third-order valence-electron chi connectivity index (χ3n) is 4.93. The predicted octanol–water partition coefficient (Wildman–Crippen LogP) is 0.609. The number of nitrogens with zero attached hydrogens (tertiary/aromatic N) is 1. The van der Waals surface area contributed by atoms with E-state index in [0.29, 0.717) is 44.1 Å². The highest BCUT2D eigenvalue weighted by atomic mass is 16.5. The first-order chi connectivity index (χ1) is 10.1. The molecule has 0 radical (unpaired) electrons. The number of aliphatic carboxylic acids is 1. The Morgan fingerprint density at radius 1 is 1.19 bits per heavy atom. The Kier molecular flexibility index (Phi) is 4.45. The molecule has 0 aromatic carbocycles. The molecule has 3 fully saturated rings. The van der Waals surface area contributed by atoms with Crippen molar-refractivity contribution in [2.75, 3.05) is 19.7 Å². The Bertz CT molecular complexity index is 402. The van der Waals surface area contributed by atoms with Gasteiger partial charge >= 0.3 is 5.97 Å². The maximum Gasteiger partial charge on any atom is 0.306 e. The van der Waals surface area contributed by atoms with Crippen LogP contribution in [0.3, 0.4) is 0 Å². The van der Waals surface area contributed by atoms with Crippen molar-refractivity contribution < 1.29 is 19.4 Å². The van der Waals surface area contributed by atoms with E-state index in [2.05, 4.69) is 5.32 Å². The minimum Gasteiger partial charge on any atom is -0.481 e. The first-order valence-electron chi connectivity index (χ1n) is 7.97. The van der Waals surface area contributed by atoms with Crippen molar-refractivity contribution in [1.82, 2.24) is 10.2 Å². The van der Waals surface area contributed by atoms with Gasteiger partial charge in [0.2, 0.25) is 5.91 Å². The van der Waals surface area contributed by atoms with Gasteiger partial charge in [0.15, 0.2) is 0 Å². The van der Waals surface area contributed by atoms with Gasteiger partial charge in [-0.15, -0.1) is 0 Å².